The Kier molecular flexibility index (Phi) is 8.35. The van der Waals surface area contributed by atoms with Gasteiger partial charge in [0.15, 0.2) is 0 Å². The Morgan fingerprint density at radius 3 is 2.50 bits per heavy atom. The molecule has 0 saturated carbocycles. The van der Waals surface area contributed by atoms with E-state index in [1.54, 1.807) is 0 Å². The molecule has 2 heterocycles. The highest BCUT2D eigenvalue weighted by Crippen LogP contribution is 2.63. The van der Waals surface area contributed by atoms with Crippen LogP contribution in [0, 0.1) is 0 Å². The predicted molar refractivity (Wildman–Crippen MR) is 91.2 cm³/mol. The van der Waals surface area contributed by atoms with E-state index in [1.165, 1.54) is 7.11 Å². The first-order valence-corrected chi connectivity index (χ1v) is 11.7. The van der Waals surface area contributed by atoms with Gasteiger partial charge in [0.1, 0.15) is 31.0 Å². The third-order valence-corrected chi connectivity index (χ3v) is 7.16. The van der Waals surface area contributed by atoms with Crippen molar-refractivity contribution in [1.82, 2.24) is 9.97 Å². The minimum Gasteiger partial charge on any atom is -0.387 e. The smallest absolute Gasteiger partial charge is 0.387 e. The van der Waals surface area contributed by atoms with Crippen molar-refractivity contribution in [3.05, 3.63) is 32.6 Å². The van der Waals surface area contributed by atoms with Crippen LogP contribution in [0.4, 0.5) is 0 Å². The van der Waals surface area contributed by atoms with Gasteiger partial charge in [-0.3, -0.25) is 14.7 Å². The maximum absolute atomic E-state index is 11.9. The Balaban J connectivity index is 2.02. The molecule has 0 aromatic carbocycles. The van der Waals surface area contributed by atoms with Gasteiger partial charge in [0.05, 0.1) is 5.56 Å². The monoisotopic (exact) mass is 497 g/mol. The number of hydrogen-bond acceptors (Lipinski definition) is 13. The molecule has 0 spiro atoms. The molecule has 1 aromatic heterocycles. The number of aromatic amines is 2. The van der Waals surface area contributed by atoms with Crippen LogP contribution < -0.4 is 11.2 Å². The molecule has 17 nitrogen and oxygen atoms in total. The van der Waals surface area contributed by atoms with Crippen molar-refractivity contribution in [2.24, 2.45) is 0 Å². The van der Waals surface area contributed by atoms with E-state index in [-0.39, 0.29) is 5.56 Å². The summed E-state index contributed by atoms with van der Waals surface area (Å²) in [5.41, 5.74) is -1.69. The zero-order valence-electron chi connectivity index (χ0n) is 14.7. The number of ether oxygens (including phenoxy) is 2. The van der Waals surface area contributed by atoms with Gasteiger partial charge in [0, 0.05) is 17.9 Å². The number of phosphoric acid groups is 2. The predicted octanol–water partition coefficient (Wildman–Crippen LogP) is -0.723. The fourth-order valence-corrected chi connectivity index (χ4v) is 5.10. The number of hydrogen-bond donors (Lipinski definition) is 6. The molecule has 0 radical (unpaired) electrons. The third-order valence-electron chi connectivity index (χ3n) is 3.59. The standard InChI is InChI=1S/C10H15N2O15P3/c1-22-8-6(13)5(24-7(8)4-2-11-10(15)12-9(4)14)3-23-28(17)26-30(20,21)27-29(18,19)25-16/h2,5-8,13H,3H2,1H3,(H4-,11,12,14,15,16,18,19,20,21)/p+1/t5-,6-,7+,8-/m1/s1. The molecule has 1 fully saturated rings. The highest BCUT2D eigenvalue weighted by Gasteiger charge is 2.49. The summed E-state index contributed by atoms with van der Waals surface area (Å²) >= 11 is 0. The zero-order valence-corrected chi connectivity index (χ0v) is 17.4. The average Bonchev–Trinajstić information content (AvgIpc) is 2.94. The molecule has 0 aliphatic carbocycles. The summed E-state index contributed by atoms with van der Waals surface area (Å²) < 4.78 is 59.5. The quantitative estimate of drug-likeness (QED) is 0.132. The van der Waals surface area contributed by atoms with Crippen molar-refractivity contribution in [3.63, 3.8) is 0 Å². The maximum Gasteiger partial charge on any atom is 0.708 e. The Morgan fingerprint density at radius 2 is 1.93 bits per heavy atom. The Labute approximate surface area is 166 Å². The van der Waals surface area contributed by atoms with Crippen LogP contribution in [-0.4, -0.2) is 62.1 Å². The molecule has 20 heteroatoms. The van der Waals surface area contributed by atoms with Gasteiger partial charge in [0.25, 0.3) is 5.56 Å². The molecule has 7 atom stereocenters. The molecular formula is C10H16N2O15P3+. The van der Waals surface area contributed by atoms with Crippen LogP contribution in [0.25, 0.3) is 0 Å². The summed E-state index contributed by atoms with van der Waals surface area (Å²) in [6.45, 7) is -0.721. The van der Waals surface area contributed by atoms with E-state index in [4.69, 9.17) is 19.6 Å². The average molecular weight is 497 g/mol. The van der Waals surface area contributed by atoms with Crippen LogP contribution in [-0.2, 0) is 41.0 Å². The fraction of sp³-hybridized carbons (Fsp3) is 0.600. The molecule has 170 valence electrons. The lowest BCUT2D eigenvalue weighted by Crippen LogP contribution is -2.35. The first kappa shape index (κ1) is 25.1. The highest BCUT2D eigenvalue weighted by molar-refractivity contribution is 7.64. The minimum atomic E-state index is -5.47. The largest absolute Gasteiger partial charge is 0.708 e. The molecule has 6 N–H and O–H groups in total. The molecule has 3 unspecified atom stereocenters. The second-order valence-electron chi connectivity index (χ2n) is 5.51. The van der Waals surface area contributed by atoms with Crippen LogP contribution in [0.5, 0.6) is 0 Å². The second-order valence-corrected chi connectivity index (χ2v) is 9.56. The van der Waals surface area contributed by atoms with Gasteiger partial charge < -0.3 is 24.5 Å². The number of nitrogens with one attached hydrogen (secondary N) is 2. The Morgan fingerprint density at radius 1 is 1.27 bits per heavy atom. The first-order chi connectivity index (χ1) is 13.9. The second kappa shape index (κ2) is 9.97. The van der Waals surface area contributed by atoms with Crippen LogP contribution in [0.3, 0.4) is 0 Å². The topological polar surface area (TPSA) is 253 Å². The van der Waals surface area contributed by atoms with Crippen molar-refractivity contribution >= 4 is 23.9 Å². The van der Waals surface area contributed by atoms with E-state index in [9.17, 15) is 33.3 Å². The number of aliphatic hydroxyl groups is 1. The van der Waals surface area contributed by atoms with Gasteiger partial charge in [-0.05, 0) is 4.31 Å². The van der Waals surface area contributed by atoms with E-state index in [0.29, 0.717) is 0 Å². The molecule has 1 saturated heterocycles. The summed E-state index contributed by atoms with van der Waals surface area (Å²) in [4.78, 5) is 45.2. The summed E-state index contributed by atoms with van der Waals surface area (Å²) in [5.74, 6) is 0. The lowest BCUT2D eigenvalue weighted by molar-refractivity contribution is -0.157. The maximum atomic E-state index is 11.9. The number of aliphatic hydroxyl groups excluding tert-OH is 1. The van der Waals surface area contributed by atoms with E-state index >= 15 is 0 Å². The van der Waals surface area contributed by atoms with Gasteiger partial charge in [-0.25, -0.2) is 19.2 Å². The minimum absolute atomic E-state index is 0.0976. The molecular weight excluding hydrogens is 481 g/mol. The van der Waals surface area contributed by atoms with Crippen LogP contribution in [0.15, 0.2) is 15.8 Å². The van der Waals surface area contributed by atoms with Crippen LogP contribution in [0.2, 0.25) is 0 Å². The number of rotatable bonds is 10. The lowest BCUT2D eigenvalue weighted by atomic mass is 10.0. The molecule has 1 aliphatic heterocycles. The number of methoxy groups -OCH3 is 1. The summed E-state index contributed by atoms with van der Waals surface area (Å²) in [6.07, 6.45) is -3.96. The number of aromatic nitrogens is 2. The first-order valence-electron chi connectivity index (χ1n) is 7.57. The third kappa shape index (κ3) is 6.42. The van der Waals surface area contributed by atoms with E-state index in [1.807, 2.05) is 4.98 Å². The van der Waals surface area contributed by atoms with Crippen LogP contribution >= 0.6 is 23.9 Å². The number of H-pyrrole nitrogens is 2. The fourth-order valence-electron chi connectivity index (χ4n) is 2.42. The summed E-state index contributed by atoms with van der Waals surface area (Å²) in [6, 6.07) is 0. The molecule has 30 heavy (non-hydrogen) atoms. The SMILES string of the molecule is CO[C@@H]1[C@H](O)[C@@H](CO[P+](=O)OP(=O)(O)OP(=O)(O)OO)O[C@H]1c1c[nH]c(=O)[nH]c1=O. The zero-order chi connectivity index (χ0) is 22.7. The van der Waals surface area contributed by atoms with E-state index < -0.39 is 66.2 Å². The normalized spacial score (nSPS) is 28.6. The Bertz CT molecular complexity index is 976. The highest BCUT2D eigenvalue weighted by atomic mass is 31.3. The molecule has 2 rings (SSSR count). The van der Waals surface area contributed by atoms with Crippen molar-refractivity contribution < 1.29 is 61.1 Å². The van der Waals surface area contributed by atoms with Gasteiger partial charge >= 0.3 is 29.6 Å². The van der Waals surface area contributed by atoms with Crippen LogP contribution in [0.1, 0.15) is 11.7 Å². The molecule has 0 bridgehead atoms. The van der Waals surface area contributed by atoms with Gasteiger partial charge in [-0.15, -0.1) is 9.20 Å². The molecule has 1 aromatic rings. The van der Waals surface area contributed by atoms with Crippen molar-refractivity contribution in [2.75, 3.05) is 13.7 Å². The molecule has 1 aliphatic rings. The Hall–Kier alpha value is -1.16. The van der Waals surface area contributed by atoms with Crippen molar-refractivity contribution in [2.45, 2.75) is 24.4 Å². The van der Waals surface area contributed by atoms with Gasteiger partial charge in [-0.2, -0.15) is 4.31 Å². The van der Waals surface area contributed by atoms with E-state index in [2.05, 4.69) is 22.8 Å². The summed E-state index contributed by atoms with van der Waals surface area (Å²) in [5, 5.41) is 18.3. The van der Waals surface area contributed by atoms with E-state index in [0.717, 1.165) is 6.20 Å². The van der Waals surface area contributed by atoms with Crippen molar-refractivity contribution in [1.29, 1.82) is 0 Å². The van der Waals surface area contributed by atoms with Gasteiger partial charge in [0.2, 0.25) is 0 Å². The van der Waals surface area contributed by atoms with Gasteiger partial charge in [-0.1, -0.05) is 0 Å². The lowest BCUT2D eigenvalue weighted by Gasteiger charge is -2.17. The molecule has 0 amide bonds. The summed E-state index contributed by atoms with van der Waals surface area (Å²) in [7, 11) is -13.1. The van der Waals surface area contributed by atoms with Crippen molar-refractivity contribution in [3.8, 4) is 0 Å².